The zero-order valence-electron chi connectivity index (χ0n) is 10.9. The van der Waals surface area contributed by atoms with Crippen LogP contribution in [0.3, 0.4) is 0 Å². The van der Waals surface area contributed by atoms with Gasteiger partial charge in [0.25, 0.3) is 0 Å². The summed E-state index contributed by atoms with van der Waals surface area (Å²) in [5.74, 6) is 0.809. The molecule has 0 aromatic rings. The molecule has 0 heterocycles. The molecule has 0 amide bonds. The Morgan fingerprint density at radius 2 is 1.75 bits per heavy atom. The van der Waals surface area contributed by atoms with E-state index in [-0.39, 0.29) is 5.60 Å². The second-order valence-corrected chi connectivity index (χ2v) is 6.18. The van der Waals surface area contributed by atoms with Crippen molar-refractivity contribution in [2.45, 2.75) is 69.9 Å². The Labute approximate surface area is 100 Å². The molecule has 2 nitrogen and oxygen atoms in total. The molecule has 0 saturated heterocycles. The van der Waals surface area contributed by atoms with Crippen molar-refractivity contribution in [1.29, 1.82) is 0 Å². The normalized spacial score (nSPS) is 34.5. The second kappa shape index (κ2) is 5.05. The lowest BCUT2D eigenvalue weighted by Gasteiger charge is -2.39. The van der Waals surface area contributed by atoms with Crippen molar-refractivity contribution in [1.82, 2.24) is 4.90 Å². The average molecular weight is 225 g/mol. The van der Waals surface area contributed by atoms with E-state index in [0.717, 1.165) is 25.3 Å². The summed E-state index contributed by atoms with van der Waals surface area (Å²) in [5.41, 5.74) is -0.369. The van der Waals surface area contributed by atoms with Gasteiger partial charge in [0, 0.05) is 12.6 Å². The third-order valence-corrected chi connectivity index (χ3v) is 4.71. The molecule has 94 valence electrons. The summed E-state index contributed by atoms with van der Waals surface area (Å²) >= 11 is 0. The highest BCUT2D eigenvalue weighted by Crippen LogP contribution is 2.33. The first kappa shape index (κ1) is 12.4. The molecule has 2 atom stereocenters. The van der Waals surface area contributed by atoms with Crippen molar-refractivity contribution in [3.8, 4) is 0 Å². The highest BCUT2D eigenvalue weighted by Gasteiger charge is 2.35. The smallest absolute Gasteiger partial charge is 0.0774 e. The van der Waals surface area contributed by atoms with E-state index in [2.05, 4.69) is 18.9 Å². The maximum atomic E-state index is 10.4. The minimum absolute atomic E-state index is 0.369. The van der Waals surface area contributed by atoms with Gasteiger partial charge in [-0.2, -0.15) is 0 Å². The Hall–Kier alpha value is -0.0800. The predicted molar refractivity (Wildman–Crippen MR) is 67.5 cm³/mol. The third kappa shape index (κ3) is 2.78. The molecule has 1 N–H and O–H groups in total. The van der Waals surface area contributed by atoms with Gasteiger partial charge in [-0.05, 0) is 38.6 Å². The summed E-state index contributed by atoms with van der Waals surface area (Å²) in [4.78, 5) is 2.44. The first-order valence-electron chi connectivity index (χ1n) is 7.03. The monoisotopic (exact) mass is 225 g/mol. The summed E-state index contributed by atoms with van der Waals surface area (Å²) in [5, 5.41) is 10.4. The fraction of sp³-hybridized carbons (Fsp3) is 1.00. The summed E-state index contributed by atoms with van der Waals surface area (Å²) in [6, 6.07) is 0.707. The lowest BCUT2D eigenvalue weighted by Crippen LogP contribution is -2.47. The maximum absolute atomic E-state index is 10.4. The fourth-order valence-electron chi connectivity index (χ4n) is 3.72. The molecule has 0 spiro atoms. The van der Waals surface area contributed by atoms with Crippen molar-refractivity contribution in [3.63, 3.8) is 0 Å². The highest BCUT2D eigenvalue weighted by molar-refractivity contribution is 4.89. The molecule has 2 fully saturated rings. The average Bonchev–Trinajstić information content (AvgIpc) is 2.65. The van der Waals surface area contributed by atoms with E-state index in [0.29, 0.717) is 6.04 Å². The van der Waals surface area contributed by atoms with Crippen LogP contribution in [-0.4, -0.2) is 35.2 Å². The van der Waals surface area contributed by atoms with Crippen molar-refractivity contribution in [2.24, 2.45) is 5.92 Å². The minimum Gasteiger partial charge on any atom is -0.389 e. The second-order valence-electron chi connectivity index (χ2n) is 6.18. The van der Waals surface area contributed by atoms with E-state index < -0.39 is 0 Å². The van der Waals surface area contributed by atoms with Crippen LogP contribution in [-0.2, 0) is 0 Å². The van der Waals surface area contributed by atoms with Gasteiger partial charge in [-0.1, -0.05) is 32.6 Å². The molecule has 0 bridgehead atoms. The largest absolute Gasteiger partial charge is 0.389 e. The Morgan fingerprint density at radius 3 is 2.38 bits per heavy atom. The molecule has 0 aromatic carbocycles. The first-order chi connectivity index (χ1) is 7.61. The van der Waals surface area contributed by atoms with Crippen LogP contribution in [0.15, 0.2) is 0 Å². The van der Waals surface area contributed by atoms with Gasteiger partial charge < -0.3 is 10.0 Å². The molecule has 0 radical (unpaired) electrons. The SMILES string of the molecule is CC1CCCCC1N(C)CC1(O)CCCC1. The Balaban J connectivity index is 1.88. The van der Waals surface area contributed by atoms with Crippen LogP contribution in [0, 0.1) is 5.92 Å². The van der Waals surface area contributed by atoms with Crippen LogP contribution in [0.1, 0.15) is 58.3 Å². The molecule has 2 aliphatic carbocycles. The lowest BCUT2D eigenvalue weighted by molar-refractivity contribution is -0.00705. The summed E-state index contributed by atoms with van der Waals surface area (Å²) < 4.78 is 0. The Bertz CT molecular complexity index is 223. The maximum Gasteiger partial charge on any atom is 0.0774 e. The Morgan fingerprint density at radius 1 is 1.12 bits per heavy atom. The van der Waals surface area contributed by atoms with Gasteiger partial charge in [-0.15, -0.1) is 0 Å². The van der Waals surface area contributed by atoms with Gasteiger partial charge in [0.1, 0.15) is 0 Å². The topological polar surface area (TPSA) is 23.5 Å². The van der Waals surface area contributed by atoms with Gasteiger partial charge in [-0.3, -0.25) is 0 Å². The minimum atomic E-state index is -0.369. The van der Waals surface area contributed by atoms with Crippen molar-refractivity contribution in [3.05, 3.63) is 0 Å². The van der Waals surface area contributed by atoms with Gasteiger partial charge in [0.2, 0.25) is 0 Å². The van der Waals surface area contributed by atoms with Gasteiger partial charge in [0.05, 0.1) is 5.60 Å². The van der Waals surface area contributed by atoms with Crippen molar-refractivity contribution in [2.75, 3.05) is 13.6 Å². The number of nitrogens with zero attached hydrogens (tertiary/aromatic N) is 1. The van der Waals surface area contributed by atoms with Gasteiger partial charge in [0.15, 0.2) is 0 Å². The third-order valence-electron chi connectivity index (χ3n) is 4.71. The van der Waals surface area contributed by atoms with E-state index in [4.69, 9.17) is 0 Å². The highest BCUT2D eigenvalue weighted by atomic mass is 16.3. The molecule has 2 heteroatoms. The quantitative estimate of drug-likeness (QED) is 0.798. The van der Waals surface area contributed by atoms with Gasteiger partial charge >= 0.3 is 0 Å². The molecule has 2 rings (SSSR count). The Kier molecular flexibility index (Phi) is 3.91. The van der Waals surface area contributed by atoms with E-state index >= 15 is 0 Å². The lowest BCUT2D eigenvalue weighted by atomic mass is 9.84. The van der Waals surface area contributed by atoms with E-state index in [1.54, 1.807) is 0 Å². The molecule has 16 heavy (non-hydrogen) atoms. The molecule has 0 aromatic heterocycles. The molecule has 2 aliphatic rings. The molecule has 2 unspecified atom stereocenters. The molecule has 2 saturated carbocycles. The van der Waals surface area contributed by atoms with E-state index in [1.165, 1.54) is 38.5 Å². The molecular formula is C14H27NO. The molecular weight excluding hydrogens is 198 g/mol. The van der Waals surface area contributed by atoms with Crippen LogP contribution in [0.25, 0.3) is 0 Å². The summed E-state index contributed by atoms with van der Waals surface area (Å²) in [6.07, 6.45) is 9.92. The first-order valence-corrected chi connectivity index (χ1v) is 7.03. The van der Waals surface area contributed by atoms with Crippen molar-refractivity contribution < 1.29 is 5.11 Å². The van der Waals surface area contributed by atoms with Crippen LogP contribution in [0.2, 0.25) is 0 Å². The van der Waals surface area contributed by atoms with Crippen LogP contribution >= 0.6 is 0 Å². The number of hydrogen-bond donors (Lipinski definition) is 1. The van der Waals surface area contributed by atoms with E-state index in [9.17, 15) is 5.11 Å². The fourth-order valence-corrected chi connectivity index (χ4v) is 3.72. The number of aliphatic hydroxyl groups is 1. The number of likely N-dealkylation sites (N-methyl/N-ethyl adjacent to an activating group) is 1. The van der Waals surface area contributed by atoms with Crippen molar-refractivity contribution >= 4 is 0 Å². The predicted octanol–water partition coefficient (Wildman–Crippen LogP) is 2.80. The van der Waals surface area contributed by atoms with Gasteiger partial charge in [-0.25, -0.2) is 0 Å². The van der Waals surface area contributed by atoms with E-state index in [1.807, 2.05) is 0 Å². The number of hydrogen-bond acceptors (Lipinski definition) is 2. The van der Waals surface area contributed by atoms with Crippen LogP contribution in [0.5, 0.6) is 0 Å². The summed E-state index contributed by atoms with van der Waals surface area (Å²) in [6.45, 7) is 3.26. The van der Waals surface area contributed by atoms with Crippen LogP contribution < -0.4 is 0 Å². The zero-order valence-corrected chi connectivity index (χ0v) is 10.9. The number of rotatable bonds is 3. The summed E-state index contributed by atoms with van der Waals surface area (Å²) in [7, 11) is 2.21. The standard InChI is InChI=1S/C14H27NO/c1-12-7-3-4-8-13(12)15(2)11-14(16)9-5-6-10-14/h12-13,16H,3-11H2,1-2H3. The zero-order chi connectivity index (χ0) is 11.6. The van der Waals surface area contributed by atoms with Crippen LogP contribution in [0.4, 0.5) is 0 Å². The molecule has 0 aliphatic heterocycles.